The van der Waals surface area contributed by atoms with E-state index in [2.05, 4.69) is 46.8 Å². The molecule has 104 valence electrons. The van der Waals surface area contributed by atoms with E-state index in [1.54, 1.807) is 24.5 Å². The minimum atomic E-state index is -0.0875. The van der Waals surface area contributed by atoms with Gasteiger partial charge in [0.25, 0.3) is 5.91 Å². The lowest BCUT2D eigenvalue weighted by molar-refractivity contribution is 0.0953. The number of aryl methyl sites for hydroxylation is 1. The molecule has 4 heteroatoms. The fraction of sp³-hybridized carbons (Fsp3) is 0.250. The number of rotatable bonds is 6. The number of nitrogens with one attached hydrogen (secondary N) is 2. The zero-order valence-electron chi connectivity index (χ0n) is 11.6. The molecule has 2 rings (SSSR count). The summed E-state index contributed by atoms with van der Waals surface area (Å²) in [4.78, 5) is 15.7. The van der Waals surface area contributed by atoms with Crippen molar-refractivity contribution < 1.29 is 4.79 Å². The van der Waals surface area contributed by atoms with Gasteiger partial charge in [0, 0.05) is 32.0 Å². The maximum absolute atomic E-state index is 11.7. The van der Waals surface area contributed by atoms with E-state index in [9.17, 15) is 4.79 Å². The molecular weight excluding hydrogens is 250 g/mol. The van der Waals surface area contributed by atoms with Gasteiger partial charge < -0.3 is 10.6 Å². The predicted octanol–water partition coefficient (Wildman–Crippen LogP) is 1.91. The van der Waals surface area contributed by atoms with Gasteiger partial charge in [-0.25, -0.2) is 0 Å². The van der Waals surface area contributed by atoms with E-state index >= 15 is 0 Å². The first-order chi connectivity index (χ1) is 9.75. The Bertz CT molecular complexity index is 555. The molecule has 0 spiro atoms. The quantitative estimate of drug-likeness (QED) is 0.788. The fourth-order valence-electron chi connectivity index (χ4n) is 1.92. The largest absolute Gasteiger partial charge is 0.351 e. The summed E-state index contributed by atoms with van der Waals surface area (Å²) in [5.74, 6) is -0.0875. The van der Waals surface area contributed by atoms with Crippen molar-refractivity contribution in [3.63, 3.8) is 0 Å². The fourth-order valence-corrected chi connectivity index (χ4v) is 1.92. The van der Waals surface area contributed by atoms with Gasteiger partial charge in [-0.15, -0.1) is 0 Å². The number of nitrogens with zero attached hydrogens (tertiary/aromatic N) is 1. The van der Waals surface area contributed by atoms with Crippen LogP contribution in [0.25, 0.3) is 0 Å². The van der Waals surface area contributed by atoms with E-state index in [0.29, 0.717) is 12.1 Å². The molecule has 0 bridgehead atoms. The monoisotopic (exact) mass is 269 g/mol. The van der Waals surface area contributed by atoms with E-state index in [-0.39, 0.29) is 5.91 Å². The van der Waals surface area contributed by atoms with Crippen LogP contribution in [-0.2, 0) is 6.54 Å². The minimum Gasteiger partial charge on any atom is -0.351 e. The van der Waals surface area contributed by atoms with Gasteiger partial charge in [-0.2, -0.15) is 0 Å². The molecule has 0 aliphatic carbocycles. The first-order valence-corrected chi connectivity index (χ1v) is 6.70. The van der Waals surface area contributed by atoms with E-state index in [1.807, 2.05) is 0 Å². The first kappa shape index (κ1) is 14.2. The number of amides is 1. The summed E-state index contributed by atoms with van der Waals surface area (Å²) in [5.41, 5.74) is 3.10. The van der Waals surface area contributed by atoms with Gasteiger partial charge in [0.1, 0.15) is 0 Å². The number of carbonyl (C=O) groups excluding carboxylic acids is 1. The lowest BCUT2D eigenvalue weighted by Crippen LogP contribution is -2.31. The number of hydrogen-bond donors (Lipinski definition) is 2. The Morgan fingerprint density at radius 3 is 2.85 bits per heavy atom. The average molecular weight is 269 g/mol. The van der Waals surface area contributed by atoms with Crippen molar-refractivity contribution in [1.29, 1.82) is 0 Å². The van der Waals surface area contributed by atoms with Gasteiger partial charge >= 0.3 is 0 Å². The van der Waals surface area contributed by atoms with Crippen LogP contribution in [0.4, 0.5) is 0 Å². The summed E-state index contributed by atoms with van der Waals surface area (Å²) in [7, 11) is 0. The Balaban J connectivity index is 1.66. The number of hydrogen-bond acceptors (Lipinski definition) is 3. The highest BCUT2D eigenvalue weighted by atomic mass is 16.1. The molecule has 0 aliphatic heterocycles. The van der Waals surface area contributed by atoms with E-state index < -0.39 is 0 Å². The Kier molecular flexibility index (Phi) is 5.26. The van der Waals surface area contributed by atoms with E-state index in [4.69, 9.17) is 0 Å². The molecule has 0 radical (unpaired) electrons. The predicted molar refractivity (Wildman–Crippen MR) is 79.5 cm³/mol. The third kappa shape index (κ3) is 4.48. The number of benzene rings is 1. The molecule has 1 amide bonds. The lowest BCUT2D eigenvalue weighted by atomic mass is 10.1. The minimum absolute atomic E-state index is 0.0875. The standard InChI is InChI=1S/C16H19N3O/c1-13-4-2-5-14(10-13)11-18-8-9-19-16(20)15-6-3-7-17-12-15/h2-7,10,12,18H,8-9,11H2,1H3,(H,19,20). The number of aromatic nitrogens is 1. The molecule has 20 heavy (non-hydrogen) atoms. The van der Waals surface area contributed by atoms with Gasteiger partial charge in [-0.05, 0) is 24.6 Å². The maximum Gasteiger partial charge on any atom is 0.252 e. The topological polar surface area (TPSA) is 54.0 Å². The van der Waals surface area contributed by atoms with E-state index in [1.165, 1.54) is 11.1 Å². The van der Waals surface area contributed by atoms with E-state index in [0.717, 1.165) is 13.1 Å². The zero-order chi connectivity index (χ0) is 14.2. The highest BCUT2D eigenvalue weighted by Gasteiger charge is 2.03. The Hall–Kier alpha value is -2.20. The first-order valence-electron chi connectivity index (χ1n) is 6.70. The van der Waals surface area contributed by atoms with Crippen LogP contribution in [0.2, 0.25) is 0 Å². The van der Waals surface area contributed by atoms with Gasteiger partial charge in [0.15, 0.2) is 0 Å². The molecule has 2 N–H and O–H groups in total. The molecule has 0 saturated heterocycles. The van der Waals surface area contributed by atoms with Crippen molar-refractivity contribution in [3.05, 3.63) is 65.5 Å². The summed E-state index contributed by atoms with van der Waals surface area (Å²) in [6, 6.07) is 11.9. The molecule has 1 aromatic carbocycles. The van der Waals surface area contributed by atoms with Crippen molar-refractivity contribution in [2.75, 3.05) is 13.1 Å². The molecule has 0 fully saturated rings. The second kappa shape index (κ2) is 7.40. The van der Waals surface area contributed by atoms with Crippen LogP contribution in [0.5, 0.6) is 0 Å². The van der Waals surface area contributed by atoms with Gasteiger partial charge in [-0.1, -0.05) is 29.8 Å². The van der Waals surface area contributed by atoms with Gasteiger partial charge in [0.2, 0.25) is 0 Å². The Labute approximate surface area is 119 Å². The third-order valence-electron chi connectivity index (χ3n) is 2.92. The number of carbonyl (C=O) groups is 1. The normalized spacial score (nSPS) is 10.2. The summed E-state index contributed by atoms with van der Waals surface area (Å²) in [6.45, 7) is 4.22. The van der Waals surface area contributed by atoms with Gasteiger partial charge in [0.05, 0.1) is 5.56 Å². The molecule has 4 nitrogen and oxygen atoms in total. The second-order valence-electron chi connectivity index (χ2n) is 4.66. The van der Waals surface area contributed by atoms with Crippen LogP contribution in [0.1, 0.15) is 21.5 Å². The molecule has 0 aliphatic rings. The summed E-state index contributed by atoms with van der Waals surface area (Å²) in [5, 5.41) is 6.16. The second-order valence-corrected chi connectivity index (χ2v) is 4.66. The van der Waals surface area contributed by atoms with Crippen molar-refractivity contribution in [2.24, 2.45) is 0 Å². The lowest BCUT2D eigenvalue weighted by Gasteiger charge is -2.07. The van der Waals surface area contributed by atoms with Crippen LogP contribution in [0.3, 0.4) is 0 Å². The molecule has 0 unspecified atom stereocenters. The van der Waals surface area contributed by atoms with Crippen LogP contribution in [0, 0.1) is 6.92 Å². The van der Waals surface area contributed by atoms with Gasteiger partial charge in [-0.3, -0.25) is 9.78 Å². The van der Waals surface area contributed by atoms with Crippen molar-refractivity contribution in [3.8, 4) is 0 Å². The highest BCUT2D eigenvalue weighted by molar-refractivity contribution is 5.93. The number of pyridine rings is 1. The molecule has 1 heterocycles. The zero-order valence-corrected chi connectivity index (χ0v) is 11.6. The Morgan fingerprint density at radius 1 is 1.20 bits per heavy atom. The van der Waals surface area contributed by atoms with Crippen LogP contribution >= 0.6 is 0 Å². The third-order valence-corrected chi connectivity index (χ3v) is 2.92. The molecule has 0 atom stereocenters. The van der Waals surface area contributed by atoms with Crippen LogP contribution < -0.4 is 10.6 Å². The molecule has 2 aromatic rings. The van der Waals surface area contributed by atoms with Crippen LogP contribution in [-0.4, -0.2) is 24.0 Å². The maximum atomic E-state index is 11.7. The van der Waals surface area contributed by atoms with Crippen molar-refractivity contribution in [2.45, 2.75) is 13.5 Å². The highest BCUT2D eigenvalue weighted by Crippen LogP contribution is 2.02. The summed E-state index contributed by atoms with van der Waals surface area (Å²) in [6.07, 6.45) is 3.22. The van der Waals surface area contributed by atoms with Crippen LogP contribution in [0.15, 0.2) is 48.8 Å². The Morgan fingerprint density at radius 2 is 2.10 bits per heavy atom. The molecular formula is C16H19N3O. The SMILES string of the molecule is Cc1cccc(CNCCNC(=O)c2cccnc2)c1. The summed E-state index contributed by atoms with van der Waals surface area (Å²) >= 11 is 0. The molecule has 1 aromatic heterocycles. The average Bonchev–Trinajstić information content (AvgIpc) is 2.48. The van der Waals surface area contributed by atoms with Crippen molar-refractivity contribution >= 4 is 5.91 Å². The summed E-state index contributed by atoms with van der Waals surface area (Å²) < 4.78 is 0. The molecule has 0 saturated carbocycles. The smallest absolute Gasteiger partial charge is 0.252 e. The van der Waals surface area contributed by atoms with Crippen molar-refractivity contribution in [1.82, 2.24) is 15.6 Å².